The lowest BCUT2D eigenvalue weighted by atomic mass is 10.2. The van der Waals surface area contributed by atoms with E-state index in [0.717, 1.165) is 56.5 Å². The molecule has 2 rings (SSSR count). The van der Waals surface area contributed by atoms with E-state index < -0.39 is 0 Å². The molecule has 0 saturated carbocycles. The Bertz CT molecular complexity index is 588. The van der Waals surface area contributed by atoms with Crippen molar-refractivity contribution in [3.63, 3.8) is 0 Å². The summed E-state index contributed by atoms with van der Waals surface area (Å²) < 4.78 is 5.72. The molecule has 1 heterocycles. The molecule has 1 aliphatic rings. The van der Waals surface area contributed by atoms with Gasteiger partial charge in [0.1, 0.15) is 12.4 Å². The number of hydrogen-bond donors (Lipinski definition) is 2. The minimum absolute atomic E-state index is 0. The average molecular weight is 501 g/mol. The summed E-state index contributed by atoms with van der Waals surface area (Å²) in [5.41, 5.74) is 1.08. The van der Waals surface area contributed by atoms with Crippen molar-refractivity contribution in [1.82, 2.24) is 20.4 Å². The first kappa shape index (κ1) is 24.7. The summed E-state index contributed by atoms with van der Waals surface area (Å²) in [5, 5.41) is 6.78. The van der Waals surface area contributed by atoms with E-state index in [4.69, 9.17) is 9.73 Å². The lowest BCUT2D eigenvalue weighted by molar-refractivity contribution is 0.139. The molecule has 0 bridgehead atoms. The predicted octanol–water partition coefficient (Wildman–Crippen LogP) is 2.56. The Kier molecular flexibility index (Phi) is 12.9. The number of hydrogen-bond acceptors (Lipinski definition) is 4. The zero-order valence-corrected chi connectivity index (χ0v) is 19.7. The third-order valence-electron chi connectivity index (χ3n) is 4.71. The van der Waals surface area contributed by atoms with Crippen LogP contribution in [-0.2, 0) is 6.54 Å². The summed E-state index contributed by atoms with van der Waals surface area (Å²) in [6, 6.07) is 8.03. The van der Waals surface area contributed by atoms with E-state index in [-0.39, 0.29) is 24.0 Å². The van der Waals surface area contributed by atoms with Gasteiger partial charge in [0.25, 0.3) is 0 Å². The normalized spacial score (nSPS) is 15.6. The highest BCUT2D eigenvalue weighted by Crippen LogP contribution is 2.18. The minimum atomic E-state index is 0. The summed E-state index contributed by atoms with van der Waals surface area (Å²) in [4.78, 5) is 9.74. The van der Waals surface area contributed by atoms with Gasteiger partial charge in [-0.2, -0.15) is 0 Å². The summed E-state index contributed by atoms with van der Waals surface area (Å²) in [5.74, 6) is 1.72. The first-order valence-corrected chi connectivity index (χ1v) is 10.0. The quantitative estimate of drug-likeness (QED) is 0.224. The molecule has 0 aliphatic carbocycles. The number of rotatable bonds is 10. The number of para-hydroxylation sites is 1. The van der Waals surface area contributed by atoms with Crippen LogP contribution in [0.5, 0.6) is 5.75 Å². The maximum absolute atomic E-state index is 5.72. The van der Waals surface area contributed by atoms with Gasteiger partial charge in [0.05, 0.1) is 6.54 Å². The van der Waals surface area contributed by atoms with Crippen LogP contribution in [-0.4, -0.2) is 74.7 Å². The number of aliphatic imine (C=N–C) groups is 1. The van der Waals surface area contributed by atoms with Crippen molar-refractivity contribution in [2.75, 3.05) is 59.0 Å². The van der Waals surface area contributed by atoms with Crippen molar-refractivity contribution < 1.29 is 4.74 Å². The third kappa shape index (κ3) is 8.79. The third-order valence-corrected chi connectivity index (χ3v) is 4.71. The van der Waals surface area contributed by atoms with E-state index in [0.29, 0.717) is 13.2 Å². The van der Waals surface area contributed by atoms with E-state index in [9.17, 15) is 0 Å². The van der Waals surface area contributed by atoms with Crippen LogP contribution < -0.4 is 15.4 Å². The van der Waals surface area contributed by atoms with E-state index in [1.165, 1.54) is 13.1 Å². The molecule has 0 radical (unpaired) electrons. The summed E-state index contributed by atoms with van der Waals surface area (Å²) in [6.07, 6.45) is 1.76. The Morgan fingerprint density at radius 1 is 1.14 bits per heavy atom. The van der Waals surface area contributed by atoms with Crippen LogP contribution in [0, 0.1) is 0 Å². The molecule has 0 unspecified atom stereocenters. The van der Waals surface area contributed by atoms with Gasteiger partial charge in [-0.3, -0.25) is 4.90 Å². The average Bonchev–Trinajstić information content (AvgIpc) is 2.71. The molecular weight excluding hydrogens is 465 g/mol. The van der Waals surface area contributed by atoms with Gasteiger partial charge in [-0.05, 0) is 19.5 Å². The second-order valence-electron chi connectivity index (χ2n) is 6.61. The largest absolute Gasteiger partial charge is 0.489 e. The molecular formula is C21H36IN5O. The van der Waals surface area contributed by atoms with Gasteiger partial charge in [0, 0.05) is 51.4 Å². The Morgan fingerprint density at radius 2 is 1.86 bits per heavy atom. The number of piperazine rings is 1. The maximum atomic E-state index is 5.72. The monoisotopic (exact) mass is 501 g/mol. The van der Waals surface area contributed by atoms with Gasteiger partial charge in [0.15, 0.2) is 5.96 Å². The number of guanidine groups is 1. The molecule has 0 amide bonds. The zero-order valence-electron chi connectivity index (χ0n) is 17.3. The molecule has 2 N–H and O–H groups in total. The fourth-order valence-corrected chi connectivity index (χ4v) is 3.09. The molecule has 1 fully saturated rings. The molecule has 1 aliphatic heterocycles. The molecule has 0 atom stereocenters. The van der Waals surface area contributed by atoms with Crippen molar-refractivity contribution >= 4 is 29.9 Å². The lowest BCUT2D eigenvalue weighted by Gasteiger charge is -2.34. The molecule has 0 aromatic heterocycles. The van der Waals surface area contributed by atoms with Gasteiger partial charge in [-0.25, -0.2) is 4.99 Å². The van der Waals surface area contributed by atoms with Crippen LogP contribution in [0.2, 0.25) is 0 Å². The van der Waals surface area contributed by atoms with Gasteiger partial charge in [-0.15, -0.1) is 24.0 Å². The van der Waals surface area contributed by atoms with E-state index in [1.54, 1.807) is 6.08 Å². The second kappa shape index (κ2) is 14.6. The van der Waals surface area contributed by atoms with Crippen molar-refractivity contribution in [3.05, 3.63) is 42.5 Å². The first-order chi connectivity index (χ1) is 13.3. The zero-order chi connectivity index (χ0) is 19.3. The fraction of sp³-hybridized carbons (Fsp3) is 0.571. The number of nitrogens with one attached hydrogen (secondary N) is 2. The Balaban J connectivity index is 0.00000392. The Hall–Kier alpha value is -1.32. The van der Waals surface area contributed by atoms with Crippen molar-refractivity contribution in [2.24, 2.45) is 4.99 Å². The molecule has 28 heavy (non-hydrogen) atoms. The maximum Gasteiger partial charge on any atom is 0.191 e. The number of ether oxygens (including phenoxy) is 1. The predicted molar refractivity (Wildman–Crippen MR) is 129 cm³/mol. The summed E-state index contributed by atoms with van der Waals surface area (Å²) in [6.45, 7) is 17.7. The standard InChI is InChI=1S/C21H35N5O.HI/c1-4-17-27-20-10-8-7-9-19(20)18-24-21(22-5-2)23-11-12-26-15-13-25(6-3)14-16-26;/h4,7-10H,1,5-6,11-18H2,2-3H3,(H2,22,23,24);1H. The van der Waals surface area contributed by atoms with Crippen LogP contribution in [0.4, 0.5) is 0 Å². The van der Waals surface area contributed by atoms with Gasteiger partial charge < -0.3 is 20.3 Å². The molecule has 158 valence electrons. The number of halogens is 1. The second-order valence-corrected chi connectivity index (χ2v) is 6.61. The Morgan fingerprint density at radius 3 is 2.54 bits per heavy atom. The molecule has 0 spiro atoms. The SMILES string of the molecule is C=CCOc1ccccc1CN=C(NCC)NCCN1CCN(CC)CC1.I. The molecule has 6 nitrogen and oxygen atoms in total. The highest BCUT2D eigenvalue weighted by Gasteiger charge is 2.14. The topological polar surface area (TPSA) is 52.1 Å². The number of nitrogens with zero attached hydrogens (tertiary/aromatic N) is 3. The van der Waals surface area contributed by atoms with Crippen molar-refractivity contribution in [3.8, 4) is 5.75 Å². The van der Waals surface area contributed by atoms with Crippen LogP contribution >= 0.6 is 24.0 Å². The highest BCUT2D eigenvalue weighted by atomic mass is 127. The van der Waals surface area contributed by atoms with E-state index >= 15 is 0 Å². The molecule has 1 aromatic carbocycles. The Labute approximate surface area is 187 Å². The van der Waals surface area contributed by atoms with E-state index in [2.05, 4.69) is 46.9 Å². The van der Waals surface area contributed by atoms with E-state index in [1.807, 2.05) is 18.2 Å². The van der Waals surface area contributed by atoms with Crippen LogP contribution in [0.15, 0.2) is 41.9 Å². The minimum Gasteiger partial charge on any atom is -0.489 e. The van der Waals surface area contributed by atoms with Crippen LogP contribution in [0.1, 0.15) is 19.4 Å². The highest BCUT2D eigenvalue weighted by molar-refractivity contribution is 14.0. The number of benzene rings is 1. The molecule has 1 aromatic rings. The van der Waals surface area contributed by atoms with Crippen LogP contribution in [0.25, 0.3) is 0 Å². The van der Waals surface area contributed by atoms with Crippen molar-refractivity contribution in [1.29, 1.82) is 0 Å². The molecule has 1 saturated heterocycles. The summed E-state index contributed by atoms with van der Waals surface area (Å²) in [7, 11) is 0. The van der Waals surface area contributed by atoms with Crippen molar-refractivity contribution in [2.45, 2.75) is 20.4 Å². The summed E-state index contributed by atoms with van der Waals surface area (Å²) >= 11 is 0. The van der Waals surface area contributed by atoms with Gasteiger partial charge in [0.2, 0.25) is 0 Å². The first-order valence-electron chi connectivity index (χ1n) is 10.0. The lowest BCUT2D eigenvalue weighted by Crippen LogP contribution is -2.49. The van der Waals surface area contributed by atoms with Crippen LogP contribution in [0.3, 0.4) is 0 Å². The van der Waals surface area contributed by atoms with Gasteiger partial charge >= 0.3 is 0 Å². The van der Waals surface area contributed by atoms with Gasteiger partial charge in [-0.1, -0.05) is 37.8 Å². The molecule has 7 heteroatoms. The number of likely N-dealkylation sites (N-methyl/N-ethyl adjacent to an activating group) is 1. The fourth-order valence-electron chi connectivity index (χ4n) is 3.09. The smallest absolute Gasteiger partial charge is 0.191 e.